The van der Waals surface area contributed by atoms with Crippen molar-refractivity contribution in [3.8, 4) is 0 Å². The third-order valence-corrected chi connectivity index (χ3v) is 4.28. The van der Waals surface area contributed by atoms with Crippen LogP contribution in [0.15, 0.2) is 0 Å². The number of rotatable bonds is 5. The predicted octanol–water partition coefficient (Wildman–Crippen LogP) is 1.40. The van der Waals surface area contributed by atoms with E-state index in [0.717, 1.165) is 25.9 Å². The Morgan fingerprint density at radius 3 is 2.67 bits per heavy atom. The van der Waals surface area contributed by atoms with Crippen molar-refractivity contribution >= 4 is 5.97 Å². The minimum atomic E-state index is -0.0504. The molecule has 3 unspecified atom stereocenters. The van der Waals surface area contributed by atoms with Crippen molar-refractivity contribution in [2.24, 2.45) is 5.92 Å². The Hall–Kier alpha value is -0.610. The number of nitrogens with zero attached hydrogens (tertiary/aromatic N) is 1. The molecule has 0 spiro atoms. The molecule has 2 rings (SSSR count). The largest absolute Gasteiger partial charge is 0.469 e. The fraction of sp³-hybridized carbons (Fsp3) is 0.929. The fourth-order valence-electron chi connectivity index (χ4n) is 2.79. The Kier molecular flexibility index (Phi) is 4.62. The second-order valence-corrected chi connectivity index (χ2v) is 5.80. The molecule has 0 amide bonds. The number of hydrogen-bond acceptors (Lipinski definition) is 4. The lowest BCUT2D eigenvalue weighted by atomic mass is 9.92. The average Bonchev–Trinajstić information content (AvgIpc) is 3.20. The van der Waals surface area contributed by atoms with Gasteiger partial charge in [-0.3, -0.25) is 9.69 Å². The van der Waals surface area contributed by atoms with Crippen molar-refractivity contribution in [1.29, 1.82) is 0 Å². The number of methoxy groups -OCH3 is 1. The normalized spacial score (nSPS) is 31.1. The zero-order valence-electron chi connectivity index (χ0n) is 11.8. The molecule has 18 heavy (non-hydrogen) atoms. The van der Waals surface area contributed by atoms with E-state index in [1.54, 1.807) is 0 Å². The molecule has 1 N–H and O–H groups in total. The van der Waals surface area contributed by atoms with Crippen LogP contribution < -0.4 is 5.32 Å². The van der Waals surface area contributed by atoms with Gasteiger partial charge < -0.3 is 10.1 Å². The van der Waals surface area contributed by atoms with Crippen molar-refractivity contribution in [1.82, 2.24) is 10.2 Å². The number of piperidine rings is 1. The highest BCUT2D eigenvalue weighted by Crippen LogP contribution is 2.25. The van der Waals surface area contributed by atoms with Gasteiger partial charge in [0, 0.05) is 31.2 Å². The van der Waals surface area contributed by atoms with Crippen molar-refractivity contribution in [2.45, 2.75) is 57.7 Å². The summed E-state index contributed by atoms with van der Waals surface area (Å²) in [6, 6.07) is 1.69. The molecule has 3 atom stereocenters. The van der Waals surface area contributed by atoms with Crippen LogP contribution in [0.2, 0.25) is 0 Å². The standard InChI is InChI=1S/C14H26N2O2/c1-4-10(2)16-8-11(14(17)18-3)7-13(9-16)15-12-5-6-12/h10-13,15H,4-9H2,1-3H3. The smallest absolute Gasteiger partial charge is 0.310 e. The van der Waals surface area contributed by atoms with Crippen LogP contribution in [0.1, 0.15) is 39.5 Å². The van der Waals surface area contributed by atoms with Gasteiger partial charge in [-0.05, 0) is 32.6 Å². The Bertz CT molecular complexity index is 292. The summed E-state index contributed by atoms with van der Waals surface area (Å²) in [5.41, 5.74) is 0. The van der Waals surface area contributed by atoms with Crippen LogP contribution in [0.25, 0.3) is 0 Å². The van der Waals surface area contributed by atoms with Crippen LogP contribution in [0.4, 0.5) is 0 Å². The molecule has 1 aliphatic carbocycles. The van der Waals surface area contributed by atoms with Gasteiger partial charge in [-0.25, -0.2) is 0 Å². The van der Waals surface area contributed by atoms with E-state index >= 15 is 0 Å². The Morgan fingerprint density at radius 2 is 2.11 bits per heavy atom. The maximum absolute atomic E-state index is 11.8. The second kappa shape index (κ2) is 6.02. The molecule has 0 aromatic rings. The van der Waals surface area contributed by atoms with E-state index in [4.69, 9.17) is 4.74 Å². The summed E-state index contributed by atoms with van der Waals surface area (Å²) >= 11 is 0. The molecule has 1 saturated heterocycles. The van der Waals surface area contributed by atoms with Gasteiger partial charge in [0.25, 0.3) is 0 Å². The molecule has 4 nitrogen and oxygen atoms in total. The number of hydrogen-bond donors (Lipinski definition) is 1. The van der Waals surface area contributed by atoms with Gasteiger partial charge in [-0.15, -0.1) is 0 Å². The molecule has 0 aromatic carbocycles. The third-order valence-electron chi connectivity index (χ3n) is 4.28. The summed E-state index contributed by atoms with van der Waals surface area (Å²) in [5.74, 6) is -0.0143. The van der Waals surface area contributed by atoms with Gasteiger partial charge in [-0.1, -0.05) is 6.92 Å². The highest BCUT2D eigenvalue weighted by Gasteiger charge is 2.35. The number of ether oxygens (including phenoxy) is 1. The first-order chi connectivity index (χ1) is 8.63. The van der Waals surface area contributed by atoms with Crippen molar-refractivity contribution in [2.75, 3.05) is 20.2 Å². The Labute approximate surface area is 110 Å². The average molecular weight is 254 g/mol. The van der Waals surface area contributed by atoms with Gasteiger partial charge in [0.05, 0.1) is 13.0 Å². The van der Waals surface area contributed by atoms with Gasteiger partial charge in [0.2, 0.25) is 0 Å². The monoisotopic (exact) mass is 254 g/mol. The maximum Gasteiger partial charge on any atom is 0.310 e. The van der Waals surface area contributed by atoms with E-state index < -0.39 is 0 Å². The van der Waals surface area contributed by atoms with Gasteiger partial charge >= 0.3 is 5.97 Å². The number of carbonyl (C=O) groups is 1. The first-order valence-corrected chi connectivity index (χ1v) is 7.22. The molecule has 104 valence electrons. The summed E-state index contributed by atoms with van der Waals surface area (Å²) in [4.78, 5) is 14.2. The van der Waals surface area contributed by atoms with Crippen LogP contribution in [-0.2, 0) is 9.53 Å². The molecule has 1 saturated carbocycles. The molecule has 2 fully saturated rings. The lowest BCUT2D eigenvalue weighted by molar-refractivity contribution is -0.148. The molecule has 0 radical (unpaired) electrons. The van der Waals surface area contributed by atoms with Crippen molar-refractivity contribution in [3.05, 3.63) is 0 Å². The van der Waals surface area contributed by atoms with Gasteiger partial charge in [0.15, 0.2) is 0 Å². The van der Waals surface area contributed by atoms with Gasteiger partial charge in [0.1, 0.15) is 0 Å². The number of esters is 1. The minimum Gasteiger partial charge on any atom is -0.469 e. The molecule has 4 heteroatoms. The quantitative estimate of drug-likeness (QED) is 0.753. The molecular weight excluding hydrogens is 228 g/mol. The van der Waals surface area contributed by atoms with E-state index in [-0.39, 0.29) is 11.9 Å². The molecular formula is C14H26N2O2. The molecule has 1 aliphatic heterocycles. The third kappa shape index (κ3) is 3.45. The predicted molar refractivity (Wildman–Crippen MR) is 71.4 cm³/mol. The molecule has 2 aliphatic rings. The van der Waals surface area contributed by atoms with E-state index in [2.05, 4.69) is 24.1 Å². The first-order valence-electron chi connectivity index (χ1n) is 7.22. The lowest BCUT2D eigenvalue weighted by Gasteiger charge is -2.40. The number of carbonyl (C=O) groups excluding carboxylic acids is 1. The Morgan fingerprint density at radius 1 is 1.39 bits per heavy atom. The first kappa shape index (κ1) is 13.8. The van der Waals surface area contributed by atoms with Crippen LogP contribution in [0.3, 0.4) is 0 Å². The van der Waals surface area contributed by atoms with E-state index in [0.29, 0.717) is 18.1 Å². The van der Waals surface area contributed by atoms with Crippen LogP contribution in [0.5, 0.6) is 0 Å². The second-order valence-electron chi connectivity index (χ2n) is 5.80. The zero-order valence-corrected chi connectivity index (χ0v) is 11.8. The van der Waals surface area contributed by atoms with E-state index in [9.17, 15) is 4.79 Å². The summed E-state index contributed by atoms with van der Waals surface area (Å²) < 4.78 is 4.93. The summed E-state index contributed by atoms with van der Waals surface area (Å²) in [7, 11) is 1.49. The summed E-state index contributed by atoms with van der Waals surface area (Å²) in [6.45, 7) is 6.37. The summed E-state index contributed by atoms with van der Waals surface area (Å²) in [5, 5.41) is 3.66. The van der Waals surface area contributed by atoms with Gasteiger partial charge in [-0.2, -0.15) is 0 Å². The Balaban J connectivity index is 1.96. The molecule has 0 bridgehead atoms. The summed E-state index contributed by atoms with van der Waals surface area (Å²) in [6.07, 6.45) is 4.64. The number of nitrogens with one attached hydrogen (secondary N) is 1. The highest BCUT2D eigenvalue weighted by molar-refractivity contribution is 5.72. The fourth-order valence-corrected chi connectivity index (χ4v) is 2.79. The SMILES string of the molecule is CCC(C)N1CC(NC2CC2)CC(C(=O)OC)C1. The van der Waals surface area contributed by atoms with Crippen LogP contribution in [-0.4, -0.2) is 49.2 Å². The minimum absolute atomic E-state index is 0.0361. The number of likely N-dealkylation sites (tertiary alicyclic amines) is 1. The topological polar surface area (TPSA) is 41.6 Å². The van der Waals surface area contributed by atoms with E-state index in [1.165, 1.54) is 20.0 Å². The van der Waals surface area contributed by atoms with Crippen LogP contribution >= 0.6 is 0 Å². The van der Waals surface area contributed by atoms with Crippen molar-refractivity contribution in [3.63, 3.8) is 0 Å². The highest BCUT2D eigenvalue weighted by atomic mass is 16.5. The van der Waals surface area contributed by atoms with E-state index in [1.807, 2.05) is 0 Å². The van der Waals surface area contributed by atoms with Crippen LogP contribution in [0, 0.1) is 5.92 Å². The lowest BCUT2D eigenvalue weighted by Crippen LogP contribution is -2.54. The molecule has 0 aromatic heterocycles. The zero-order chi connectivity index (χ0) is 13.1. The maximum atomic E-state index is 11.8. The molecule has 1 heterocycles. The van der Waals surface area contributed by atoms with Crippen molar-refractivity contribution < 1.29 is 9.53 Å².